The van der Waals surface area contributed by atoms with Crippen LogP contribution in [0.1, 0.15) is 17.2 Å². The zero-order chi connectivity index (χ0) is 14.1. The second kappa shape index (κ2) is 5.54. The third-order valence-corrected chi connectivity index (χ3v) is 4.56. The predicted octanol–water partition coefficient (Wildman–Crippen LogP) is 3.65. The van der Waals surface area contributed by atoms with Gasteiger partial charge in [0.2, 0.25) is 0 Å². The number of benzene rings is 2. The summed E-state index contributed by atoms with van der Waals surface area (Å²) in [5.41, 5.74) is 9.42. The number of nitrogens with zero attached hydrogens (tertiary/aromatic N) is 1. The van der Waals surface area contributed by atoms with Crippen LogP contribution in [0.25, 0.3) is 0 Å². The molecule has 2 aromatic rings. The Balaban J connectivity index is 2.01. The van der Waals surface area contributed by atoms with Crippen molar-refractivity contribution in [3.8, 4) is 0 Å². The number of rotatable bonds is 3. The van der Waals surface area contributed by atoms with Crippen molar-refractivity contribution in [1.29, 1.82) is 0 Å². The molecule has 0 aromatic heterocycles. The molecule has 0 saturated heterocycles. The minimum atomic E-state index is -0.228. The van der Waals surface area contributed by atoms with Gasteiger partial charge in [0.1, 0.15) is 5.82 Å². The molecule has 2 nitrogen and oxygen atoms in total. The van der Waals surface area contributed by atoms with Gasteiger partial charge in [-0.1, -0.05) is 34.1 Å². The van der Waals surface area contributed by atoms with Crippen molar-refractivity contribution < 1.29 is 4.39 Å². The quantitative estimate of drug-likeness (QED) is 0.928. The molecule has 104 valence electrons. The first-order valence-electron chi connectivity index (χ1n) is 6.70. The lowest BCUT2D eigenvalue weighted by molar-refractivity contribution is 0.607. The maximum absolute atomic E-state index is 13.5. The summed E-state index contributed by atoms with van der Waals surface area (Å²) in [6.07, 6.45) is 1.01. The lowest BCUT2D eigenvalue weighted by atomic mass is 10.0. The summed E-state index contributed by atoms with van der Waals surface area (Å²) in [7, 11) is 0. The van der Waals surface area contributed by atoms with Crippen LogP contribution in [0.4, 0.5) is 10.1 Å². The van der Waals surface area contributed by atoms with E-state index in [1.165, 1.54) is 17.3 Å². The van der Waals surface area contributed by atoms with Crippen LogP contribution in [-0.2, 0) is 6.42 Å². The highest BCUT2D eigenvalue weighted by atomic mass is 79.9. The summed E-state index contributed by atoms with van der Waals surface area (Å²) in [6.45, 7) is 1.38. The number of para-hydroxylation sites is 1. The maximum atomic E-state index is 13.5. The summed E-state index contributed by atoms with van der Waals surface area (Å²) in [5.74, 6) is -0.228. The zero-order valence-corrected chi connectivity index (χ0v) is 12.6. The SMILES string of the molecule is NCC(c1cc(F)ccc1Br)N1CCc2ccccc21. The molecule has 1 aliphatic rings. The third-order valence-electron chi connectivity index (χ3n) is 3.84. The van der Waals surface area contributed by atoms with Gasteiger partial charge in [-0.25, -0.2) is 4.39 Å². The van der Waals surface area contributed by atoms with Crippen molar-refractivity contribution in [2.24, 2.45) is 5.73 Å². The Morgan fingerprint density at radius 3 is 2.85 bits per heavy atom. The Morgan fingerprint density at radius 1 is 1.25 bits per heavy atom. The van der Waals surface area contributed by atoms with Gasteiger partial charge in [-0.2, -0.15) is 0 Å². The molecule has 1 unspecified atom stereocenters. The van der Waals surface area contributed by atoms with E-state index in [0.717, 1.165) is 23.0 Å². The molecule has 0 fully saturated rings. The molecule has 20 heavy (non-hydrogen) atoms. The van der Waals surface area contributed by atoms with Gasteiger partial charge in [0.25, 0.3) is 0 Å². The second-order valence-electron chi connectivity index (χ2n) is 4.99. The summed E-state index contributed by atoms with van der Waals surface area (Å²) in [6, 6.07) is 13.1. The average molecular weight is 335 g/mol. The fourth-order valence-corrected chi connectivity index (χ4v) is 3.39. The third kappa shape index (κ3) is 2.34. The molecule has 2 aromatic carbocycles. The zero-order valence-electron chi connectivity index (χ0n) is 11.0. The molecule has 2 N–H and O–H groups in total. The average Bonchev–Trinajstić information content (AvgIpc) is 2.88. The summed E-state index contributed by atoms with van der Waals surface area (Å²) in [4.78, 5) is 2.27. The Bertz CT molecular complexity index is 630. The fourth-order valence-electron chi connectivity index (χ4n) is 2.88. The number of fused-ring (bicyclic) bond motifs is 1. The number of hydrogen-bond donors (Lipinski definition) is 1. The number of anilines is 1. The van der Waals surface area contributed by atoms with Crippen LogP contribution < -0.4 is 10.6 Å². The molecule has 0 bridgehead atoms. The molecule has 0 radical (unpaired) electrons. The van der Waals surface area contributed by atoms with Gasteiger partial charge in [0.05, 0.1) is 6.04 Å². The maximum Gasteiger partial charge on any atom is 0.123 e. The first-order valence-corrected chi connectivity index (χ1v) is 7.49. The van der Waals surface area contributed by atoms with Crippen molar-refractivity contribution in [1.82, 2.24) is 0 Å². The van der Waals surface area contributed by atoms with Gasteiger partial charge >= 0.3 is 0 Å². The molecule has 4 heteroatoms. The van der Waals surface area contributed by atoms with Crippen LogP contribution in [-0.4, -0.2) is 13.1 Å². The fraction of sp³-hybridized carbons (Fsp3) is 0.250. The van der Waals surface area contributed by atoms with E-state index in [4.69, 9.17) is 5.73 Å². The highest BCUT2D eigenvalue weighted by Crippen LogP contribution is 2.36. The first kappa shape index (κ1) is 13.6. The minimum absolute atomic E-state index is 0.0104. The van der Waals surface area contributed by atoms with E-state index in [-0.39, 0.29) is 11.9 Å². The van der Waals surface area contributed by atoms with E-state index in [1.807, 2.05) is 6.07 Å². The highest BCUT2D eigenvalue weighted by Gasteiger charge is 2.27. The van der Waals surface area contributed by atoms with Crippen LogP contribution in [0.2, 0.25) is 0 Å². The van der Waals surface area contributed by atoms with E-state index >= 15 is 0 Å². The van der Waals surface area contributed by atoms with Gasteiger partial charge in [-0.15, -0.1) is 0 Å². The van der Waals surface area contributed by atoms with Crippen molar-refractivity contribution in [2.45, 2.75) is 12.5 Å². The number of hydrogen-bond acceptors (Lipinski definition) is 2. The largest absolute Gasteiger partial charge is 0.363 e. The van der Waals surface area contributed by atoms with Crippen molar-refractivity contribution in [2.75, 3.05) is 18.0 Å². The Kier molecular flexibility index (Phi) is 3.76. The lowest BCUT2D eigenvalue weighted by Crippen LogP contribution is -2.32. The van der Waals surface area contributed by atoms with Crippen LogP contribution in [0.3, 0.4) is 0 Å². The van der Waals surface area contributed by atoms with E-state index in [1.54, 1.807) is 12.1 Å². The molecule has 3 rings (SSSR count). The smallest absolute Gasteiger partial charge is 0.123 e. The molecule has 1 aliphatic heterocycles. The van der Waals surface area contributed by atoms with E-state index in [9.17, 15) is 4.39 Å². The monoisotopic (exact) mass is 334 g/mol. The predicted molar refractivity (Wildman–Crippen MR) is 83.4 cm³/mol. The van der Waals surface area contributed by atoms with Gasteiger partial charge in [-0.3, -0.25) is 0 Å². The molecule has 0 saturated carbocycles. The number of nitrogens with two attached hydrogens (primary N) is 1. The molecule has 0 amide bonds. The Morgan fingerprint density at radius 2 is 2.05 bits per heavy atom. The molecular formula is C16H16BrFN2. The van der Waals surface area contributed by atoms with Gasteiger partial charge < -0.3 is 10.6 Å². The Hall–Kier alpha value is -1.39. The van der Waals surface area contributed by atoms with Gasteiger partial charge in [0, 0.05) is 23.2 Å². The van der Waals surface area contributed by atoms with Gasteiger partial charge in [0.15, 0.2) is 0 Å². The van der Waals surface area contributed by atoms with Crippen molar-refractivity contribution in [3.63, 3.8) is 0 Å². The van der Waals surface area contributed by atoms with Crippen molar-refractivity contribution in [3.05, 3.63) is 63.9 Å². The summed E-state index contributed by atoms with van der Waals surface area (Å²) >= 11 is 3.51. The number of halogens is 2. The van der Waals surface area contributed by atoms with E-state index < -0.39 is 0 Å². The van der Waals surface area contributed by atoms with Crippen molar-refractivity contribution >= 4 is 21.6 Å². The van der Waals surface area contributed by atoms with Crippen LogP contribution >= 0.6 is 15.9 Å². The first-order chi connectivity index (χ1) is 9.70. The minimum Gasteiger partial charge on any atom is -0.363 e. The van der Waals surface area contributed by atoms with Gasteiger partial charge in [-0.05, 0) is 41.8 Å². The second-order valence-corrected chi connectivity index (χ2v) is 5.84. The van der Waals surface area contributed by atoms with E-state index in [2.05, 4.69) is 39.0 Å². The lowest BCUT2D eigenvalue weighted by Gasteiger charge is -2.30. The molecule has 1 atom stereocenters. The topological polar surface area (TPSA) is 29.3 Å². The molecular weight excluding hydrogens is 319 g/mol. The summed E-state index contributed by atoms with van der Waals surface area (Å²) < 4.78 is 14.4. The molecule has 0 aliphatic carbocycles. The standard InChI is InChI=1S/C16H16BrFN2/c17-14-6-5-12(18)9-13(14)16(10-19)20-8-7-11-3-1-2-4-15(11)20/h1-6,9,16H,7-8,10,19H2. The normalized spacial score (nSPS) is 15.2. The van der Waals surface area contributed by atoms with E-state index in [0.29, 0.717) is 6.54 Å². The van der Waals surface area contributed by atoms with Crippen LogP contribution in [0, 0.1) is 5.82 Å². The van der Waals surface area contributed by atoms with Crippen LogP contribution in [0.5, 0.6) is 0 Å². The molecule has 0 spiro atoms. The van der Waals surface area contributed by atoms with Crippen LogP contribution in [0.15, 0.2) is 46.9 Å². The Labute approximate surface area is 126 Å². The highest BCUT2D eigenvalue weighted by molar-refractivity contribution is 9.10. The molecule has 1 heterocycles. The summed E-state index contributed by atoms with van der Waals surface area (Å²) in [5, 5.41) is 0.